The van der Waals surface area contributed by atoms with E-state index < -0.39 is 0 Å². The van der Waals surface area contributed by atoms with E-state index in [4.69, 9.17) is 9.47 Å². The molecule has 0 heterocycles. The van der Waals surface area contributed by atoms with Crippen molar-refractivity contribution in [3.05, 3.63) is 23.8 Å². The van der Waals surface area contributed by atoms with Gasteiger partial charge in [0, 0.05) is 12.0 Å². The molecule has 3 nitrogen and oxygen atoms in total. The second-order valence-electron chi connectivity index (χ2n) is 6.29. The summed E-state index contributed by atoms with van der Waals surface area (Å²) in [4.78, 5) is 0. The van der Waals surface area contributed by atoms with Crippen LogP contribution in [0.5, 0.6) is 11.5 Å². The highest BCUT2D eigenvalue weighted by molar-refractivity contribution is 5.46. The maximum Gasteiger partial charge on any atom is 0.161 e. The minimum Gasteiger partial charge on any atom is -0.493 e. The second-order valence-corrected chi connectivity index (χ2v) is 6.29. The number of benzene rings is 1. The molecule has 0 aromatic heterocycles. The van der Waals surface area contributed by atoms with Crippen molar-refractivity contribution in [1.29, 1.82) is 0 Å². The van der Waals surface area contributed by atoms with Crippen molar-refractivity contribution in [2.45, 2.75) is 32.1 Å². The van der Waals surface area contributed by atoms with Crippen LogP contribution in [-0.2, 0) is 5.41 Å². The van der Waals surface area contributed by atoms with Crippen LogP contribution in [0.15, 0.2) is 18.2 Å². The van der Waals surface area contributed by atoms with E-state index in [1.54, 1.807) is 14.2 Å². The van der Waals surface area contributed by atoms with Gasteiger partial charge in [0.25, 0.3) is 0 Å². The Kier molecular flexibility index (Phi) is 4.59. The lowest BCUT2D eigenvalue weighted by molar-refractivity contribution is 0.0993. The average Bonchev–Trinajstić information content (AvgIpc) is 2.41. The standard InChI is InChI=1S/C17H27NO2/c1-12(2)13-9-17(10-13,11-18-3)14-6-7-15(19-4)16(8-14)20-5/h6-8,12-13,18H,9-11H2,1-5H3. The topological polar surface area (TPSA) is 30.5 Å². The van der Waals surface area contributed by atoms with Crippen molar-refractivity contribution in [2.75, 3.05) is 27.8 Å². The van der Waals surface area contributed by atoms with Gasteiger partial charge >= 0.3 is 0 Å². The lowest BCUT2D eigenvalue weighted by atomic mass is 9.56. The molecule has 0 bridgehead atoms. The van der Waals surface area contributed by atoms with E-state index in [0.29, 0.717) is 0 Å². The van der Waals surface area contributed by atoms with Gasteiger partial charge in [0.15, 0.2) is 11.5 Å². The molecule has 112 valence electrons. The molecule has 0 atom stereocenters. The number of likely N-dealkylation sites (N-methyl/N-ethyl adjacent to an activating group) is 1. The Labute approximate surface area is 122 Å². The monoisotopic (exact) mass is 277 g/mol. The van der Waals surface area contributed by atoms with Gasteiger partial charge in [-0.3, -0.25) is 0 Å². The molecular weight excluding hydrogens is 250 g/mol. The highest BCUT2D eigenvalue weighted by Gasteiger charge is 2.46. The average molecular weight is 277 g/mol. The molecule has 1 N–H and O–H groups in total. The molecule has 1 aromatic rings. The molecule has 0 unspecified atom stereocenters. The van der Waals surface area contributed by atoms with E-state index in [2.05, 4.69) is 31.3 Å². The molecule has 1 saturated carbocycles. The lowest BCUT2D eigenvalue weighted by Gasteiger charge is -2.50. The van der Waals surface area contributed by atoms with Crippen molar-refractivity contribution < 1.29 is 9.47 Å². The summed E-state index contributed by atoms with van der Waals surface area (Å²) in [6.45, 7) is 5.66. The molecule has 1 aromatic carbocycles. The third kappa shape index (κ3) is 2.64. The molecule has 1 aliphatic rings. The summed E-state index contributed by atoms with van der Waals surface area (Å²) < 4.78 is 10.8. The van der Waals surface area contributed by atoms with Gasteiger partial charge in [0.1, 0.15) is 0 Å². The van der Waals surface area contributed by atoms with Crippen LogP contribution in [0.25, 0.3) is 0 Å². The molecular formula is C17H27NO2. The highest BCUT2D eigenvalue weighted by Crippen LogP contribution is 2.51. The van der Waals surface area contributed by atoms with E-state index in [0.717, 1.165) is 29.9 Å². The molecule has 0 spiro atoms. The first-order valence-electron chi connectivity index (χ1n) is 7.43. The van der Waals surface area contributed by atoms with Crippen LogP contribution < -0.4 is 14.8 Å². The van der Waals surface area contributed by atoms with Crippen molar-refractivity contribution in [3.8, 4) is 11.5 Å². The third-order valence-corrected chi connectivity index (χ3v) is 4.76. The van der Waals surface area contributed by atoms with Gasteiger partial charge in [-0.05, 0) is 49.4 Å². The normalized spacial score (nSPS) is 25.4. The molecule has 0 saturated heterocycles. The number of methoxy groups -OCH3 is 2. The second kappa shape index (κ2) is 6.04. The summed E-state index contributed by atoms with van der Waals surface area (Å²) in [7, 11) is 5.41. The van der Waals surface area contributed by atoms with Gasteiger partial charge in [0.05, 0.1) is 14.2 Å². The first-order chi connectivity index (χ1) is 9.56. The fourth-order valence-electron chi connectivity index (χ4n) is 3.40. The minimum absolute atomic E-state index is 0.253. The largest absolute Gasteiger partial charge is 0.493 e. The van der Waals surface area contributed by atoms with Gasteiger partial charge in [0.2, 0.25) is 0 Å². The van der Waals surface area contributed by atoms with Crippen LogP contribution in [0.4, 0.5) is 0 Å². The molecule has 0 radical (unpaired) electrons. The Balaban J connectivity index is 2.27. The van der Waals surface area contributed by atoms with Crippen molar-refractivity contribution in [2.24, 2.45) is 11.8 Å². The summed E-state index contributed by atoms with van der Waals surface area (Å²) in [6, 6.07) is 6.36. The predicted molar refractivity (Wildman–Crippen MR) is 82.7 cm³/mol. The smallest absolute Gasteiger partial charge is 0.161 e. The van der Waals surface area contributed by atoms with Crippen LogP contribution in [0, 0.1) is 11.8 Å². The van der Waals surface area contributed by atoms with E-state index >= 15 is 0 Å². The number of nitrogens with one attached hydrogen (secondary N) is 1. The van der Waals surface area contributed by atoms with E-state index in [1.807, 2.05) is 13.1 Å². The Morgan fingerprint density at radius 1 is 1.20 bits per heavy atom. The van der Waals surface area contributed by atoms with Crippen molar-refractivity contribution in [1.82, 2.24) is 5.32 Å². The fourth-order valence-corrected chi connectivity index (χ4v) is 3.40. The highest BCUT2D eigenvalue weighted by atomic mass is 16.5. The number of hydrogen-bond donors (Lipinski definition) is 1. The van der Waals surface area contributed by atoms with Crippen LogP contribution >= 0.6 is 0 Å². The van der Waals surface area contributed by atoms with E-state index in [9.17, 15) is 0 Å². The summed E-state index contributed by atoms with van der Waals surface area (Å²) in [6.07, 6.45) is 2.50. The summed E-state index contributed by atoms with van der Waals surface area (Å²) in [5.74, 6) is 3.22. The number of hydrogen-bond acceptors (Lipinski definition) is 3. The zero-order valence-electron chi connectivity index (χ0n) is 13.3. The van der Waals surface area contributed by atoms with Gasteiger partial charge in [-0.2, -0.15) is 0 Å². The summed E-state index contributed by atoms with van der Waals surface area (Å²) >= 11 is 0. The zero-order chi connectivity index (χ0) is 14.8. The quantitative estimate of drug-likeness (QED) is 0.866. The molecule has 20 heavy (non-hydrogen) atoms. The molecule has 0 amide bonds. The van der Waals surface area contributed by atoms with Gasteiger partial charge in [-0.1, -0.05) is 19.9 Å². The molecule has 0 aliphatic heterocycles. The van der Waals surface area contributed by atoms with Crippen LogP contribution in [-0.4, -0.2) is 27.8 Å². The SMILES string of the molecule is CNCC1(c2ccc(OC)c(OC)c2)CC(C(C)C)C1. The van der Waals surface area contributed by atoms with Crippen LogP contribution in [0.3, 0.4) is 0 Å². The Morgan fingerprint density at radius 2 is 1.85 bits per heavy atom. The third-order valence-electron chi connectivity index (χ3n) is 4.76. The summed E-state index contributed by atoms with van der Waals surface area (Å²) in [5, 5.41) is 3.36. The number of ether oxygens (including phenoxy) is 2. The van der Waals surface area contributed by atoms with Gasteiger partial charge in [-0.15, -0.1) is 0 Å². The van der Waals surface area contributed by atoms with E-state index in [1.165, 1.54) is 18.4 Å². The Hall–Kier alpha value is -1.22. The van der Waals surface area contributed by atoms with Gasteiger partial charge in [-0.25, -0.2) is 0 Å². The first-order valence-corrected chi connectivity index (χ1v) is 7.43. The predicted octanol–water partition coefficient (Wildman–Crippen LogP) is 3.23. The van der Waals surface area contributed by atoms with Gasteiger partial charge < -0.3 is 14.8 Å². The molecule has 1 aliphatic carbocycles. The molecule has 3 heteroatoms. The fraction of sp³-hybridized carbons (Fsp3) is 0.647. The van der Waals surface area contributed by atoms with Crippen LogP contribution in [0.2, 0.25) is 0 Å². The first kappa shape index (κ1) is 15.2. The Bertz CT molecular complexity index is 450. The van der Waals surface area contributed by atoms with Crippen LogP contribution in [0.1, 0.15) is 32.3 Å². The maximum atomic E-state index is 5.45. The molecule has 2 rings (SSSR count). The van der Waals surface area contributed by atoms with Crippen molar-refractivity contribution in [3.63, 3.8) is 0 Å². The number of rotatable bonds is 6. The maximum absolute atomic E-state index is 5.45. The van der Waals surface area contributed by atoms with Crippen molar-refractivity contribution >= 4 is 0 Å². The Morgan fingerprint density at radius 3 is 2.35 bits per heavy atom. The zero-order valence-corrected chi connectivity index (χ0v) is 13.3. The van der Waals surface area contributed by atoms with E-state index in [-0.39, 0.29) is 5.41 Å². The lowest BCUT2D eigenvalue weighted by Crippen LogP contribution is -2.49. The molecule has 1 fully saturated rings. The minimum atomic E-state index is 0.253. The summed E-state index contributed by atoms with van der Waals surface area (Å²) in [5.41, 5.74) is 1.62.